The molecule has 0 aliphatic heterocycles. The van der Waals surface area contributed by atoms with Gasteiger partial charge in [0.05, 0.1) is 11.7 Å². The average Bonchev–Trinajstić information content (AvgIpc) is 3.09. The van der Waals surface area contributed by atoms with Crippen LogP contribution in [0.1, 0.15) is 29.0 Å². The Balaban J connectivity index is 1.65. The second-order valence-corrected chi connectivity index (χ2v) is 6.43. The van der Waals surface area contributed by atoms with Crippen molar-refractivity contribution < 1.29 is 22.7 Å². The summed E-state index contributed by atoms with van der Waals surface area (Å²) in [6, 6.07) is 13.7. The van der Waals surface area contributed by atoms with E-state index in [-0.39, 0.29) is 17.5 Å². The van der Waals surface area contributed by atoms with E-state index < -0.39 is 18.8 Å². The molecule has 1 atom stereocenters. The van der Waals surface area contributed by atoms with E-state index in [0.29, 0.717) is 5.56 Å². The number of carbonyl (C=O) groups excluding carboxylic acids is 1. The Morgan fingerprint density at radius 3 is 2.55 bits per heavy atom. The van der Waals surface area contributed by atoms with Gasteiger partial charge in [-0.15, -0.1) is 0 Å². The van der Waals surface area contributed by atoms with Crippen LogP contribution in [-0.4, -0.2) is 33.5 Å². The molecule has 0 radical (unpaired) electrons. The van der Waals surface area contributed by atoms with Crippen LogP contribution in [0, 0.1) is 0 Å². The number of aryl methyl sites for hydroxylation is 1. The van der Waals surface area contributed by atoms with Crippen molar-refractivity contribution in [1.82, 2.24) is 20.1 Å². The van der Waals surface area contributed by atoms with Gasteiger partial charge < -0.3 is 10.1 Å². The normalized spacial score (nSPS) is 12.4. The van der Waals surface area contributed by atoms with Gasteiger partial charge in [0.2, 0.25) is 5.88 Å². The fraction of sp³-hybridized carbons (Fsp3) is 0.250. The van der Waals surface area contributed by atoms with Crippen LogP contribution >= 0.6 is 0 Å². The summed E-state index contributed by atoms with van der Waals surface area (Å²) < 4.78 is 42.8. The fourth-order valence-electron chi connectivity index (χ4n) is 2.70. The van der Waals surface area contributed by atoms with Gasteiger partial charge in [0.15, 0.2) is 12.3 Å². The van der Waals surface area contributed by atoms with E-state index in [1.54, 1.807) is 30.8 Å². The second-order valence-electron chi connectivity index (χ2n) is 6.43. The minimum Gasteiger partial charge on any atom is -0.468 e. The maximum absolute atomic E-state index is 12.5. The monoisotopic (exact) mass is 404 g/mol. The van der Waals surface area contributed by atoms with Crippen molar-refractivity contribution in [2.45, 2.75) is 19.1 Å². The molecular weight excluding hydrogens is 385 g/mol. The molecule has 1 aromatic carbocycles. The number of carbonyl (C=O) groups is 1. The number of alkyl halides is 3. The molecule has 1 unspecified atom stereocenters. The SMILES string of the molecule is CC(NC(=O)c1cc(-c2ccccc2)n(C)n1)c1ccc(OCC(F)(F)F)nc1. The predicted octanol–water partition coefficient (Wildman–Crippen LogP) is 3.91. The summed E-state index contributed by atoms with van der Waals surface area (Å²) in [5.74, 6) is -0.505. The number of aromatic nitrogens is 3. The highest BCUT2D eigenvalue weighted by atomic mass is 19.4. The van der Waals surface area contributed by atoms with Gasteiger partial charge >= 0.3 is 6.18 Å². The van der Waals surface area contributed by atoms with Gasteiger partial charge in [0, 0.05) is 19.3 Å². The molecule has 29 heavy (non-hydrogen) atoms. The van der Waals surface area contributed by atoms with E-state index in [9.17, 15) is 18.0 Å². The fourth-order valence-corrected chi connectivity index (χ4v) is 2.70. The number of halogens is 3. The van der Waals surface area contributed by atoms with Crippen LogP contribution in [0.4, 0.5) is 13.2 Å². The summed E-state index contributed by atoms with van der Waals surface area (Å²) in [4.78, 5) is 16.4. The summed E-state index contributed by atoms with van der Waals surface area (Å²) in [7, 11) is 1.76. The molecule has 1 N–H and O–H groups in total. The van der Waals surface area contributed by atoms with Crippen molar-refractivity contribution in [2.24, 2.45) is 7.05 Å². The molecule has 152 valence electrons. The third-order valence-corrected chi connectivity index (χ3v) is 4.17. The standard InChI is InChI=1S/C20H19F3N4O2/c1-13(15-8-9-18(24-11-15)29-12-20(21,22)23)25-19(28)16-10-17(27(2)26-16)14-6-4-3-5-7-14/h3-11,13H,12H2,1-2H3,(H,25,28). The second kappa shape index (κ2) is 8.34. The number of nitrogens with zero attached hydrogens (tertiary/aromatic N) is 3. The molecule has 0 saturated carbocycles. The van der Waals surface area contributed by atoms with E-state index in [2.05, 4.69) is 20.1 Å². The average molecular weight is 404 g/mol. The molecule has 3 aromatic rings. The molecule has 3 rings (SSSR count). The number of hydrogen-bond donors (Lipinski definition) is 1. The van der Waals surface area contributed by atoms with Gasteiger partial charge in [-0.05, 0) is 24.1 Å². The Morgan fingerprint density at radius 2 is 1.93 bits per heavy atom. The smallest absolute Gasteiger partial charge is 0.422 e. The molecule has 1 amide bonds. The number of nitrogens with one attached hydrogen (secondary N) is 1. The van der Waals surface area contributed by atoms with E-state index in [1.165, 1.54) is 12.3 Å². The van der Waals surface area contributed by atoms with Crippen LogP contribution in [0.3, 0.4) is 0 Å². The van der Waals surface area contributed by atoms with Crippen molar-refractivity contribution in [3.05, 3.63) is 66.0 Å². The molecule has 0 aliphatic carbocycles. The summed E-state index contributed by atoms with van der Waals surface area (Å²) in [5, 5.41) is 7.06. The first-order valence-corrected chi connectivity index (χ1v) is 8.79. The van der Waals surface area contributed by atoms with Crippen LogP contribution < -0.4 is 10.1 Å². The molecule has 0 fully saturated rings. The van der Waals surface area contributed by atoms with Crippen molar-refractivity contribution in [3.8, 4) is 17.1 Å². The van der Waals surface area contributed by atoms with Crippen molar-refractivity contribution in [1.29, 1.82) is 0 Å². The minimum atomic E-state index is -4.43. The van der Waals surface area contributed by atoms with E-state index in [4.69, 9.17) is 0 Å². The van der Waals surface area contributed by atoms with E-state index >= 15 is 0 Å². The summed E-state index contributed by atoms with van der Waals surface area (Å²) >= 11 is 0. The summed E-state index contributed by atoms with van der Waals surface area (Å²) in [6.07, 6.45) is -3.06. The van der Waals surface area contributed by atoms with Gasteiger partial charge in [-0.1, -0.05) is 36.4 Å². The lowest BCUT2D eigenvalue weighted by Crippen LogP contribution is -2.27. The van der Waals surface area contributed by atoms with Gasteiger partial charge in [0.1, 0.15) is 0 Å². The summed E-state index contributed by atoms with van der Waals surface area (Å²) in [6.45, 7) is 0.335. The van der Waals surface area contributed by atoms with Crippen LogP contribution in [-0.2, 0) is 7.05 Å². The first kappa shape index (κ1) is 20.4. The van der Waals surface area contributed by atoms with Crippen molar-refractivity contribution >= 4 is 5.91 Å². The Hall–Kier alpha value is -3.36. The predicted molar refractivity (Wildman–Crippen MR) is 100 cm³/mol. The van der Waals surface area contributed by atoms with Gasteiger partial charge in [0.25, 0.3) is 5.91 Å². The number of benzene rings is 1. The quantitative estimate of drug-likeness (QED) is 0.676. The zero-order valence-corrected chi connectivity index (χ0v) is 15.8. The molecule has 2 aromatic heterocycles. The lowest BCUT2D eigenvalue weighted by atomic mass is 10.1. The van der Waals surface area contributed by atoms with E-state index in [1.807, 2.05) is 30.3 Å². The maximum Gasteiger partial charge on any atom is 0.422 e. The van der Waals surface area contributed by atoms with Gasteiger partial charge in [-0.2, -0.15) is 18.3 Å². The molecule has 9 heteroatoms. The molecule has 0 saturated heterocycles. The first-order valence-electron chi connectivity index (χ1n) is 8.79. The number of ether oxygens (including phenoxy) is 1. The van der Waals surface area contributed by atoms with Crippen LogP contribution in [0.2, 0.25) is 0 Å². The molecule has 0 aliphatic rings. The zero-order valence-electron chi connectivity index (χ0n) is 15.8. The van der Waals surface area contributed by atoms with Crippen LogP contribution in [0.25, 0.3) is 11.3 Å². The molecule has 6 nitrogen and oxygen atoms in total. The van der Waals surface area contributed by atoms with Gasteiger partial charge in [-0.25, -0.2) is 4.98 Å². The Bertz CT molecular complexity index is 970. The summed E-state index contributed by atoms with van der Waals surface area (Å²) in [5.41, 5.74) is 2.62. The highest BCUT2D eigenvalue weighted by Gasteiger charge is 2.28. The third kappa shape index (κ3) is 5.34. The maximum atomic E-state index is 12.5. The minimum absolute atomic E-state index is 0.137. The Kier molecular flexibility index (Phi) is 5.86. The highest BCUT2D eigenvalue weighted by molar-refractivity contribution is 5.93. The zero-order chi connectivity index (χ0) is 21.0. The largest absolute Gasteiger partial charge is 0.468 e. The van der Waals surface area contributed by atoms with Crippen LogP contribution in [0.15, 0.2) is 54.7 Å². The molecule has 2 heterocycles. The number of amides is 1. The topological polar surface area (TPSA) is 69.0 Å². The lowest BCUT2D eigenvalue weighted by molar-refractivity contribution is -0.154. The third-order valence-electron chi connectivity index (χ3n) is 4.17. The van der Waals surface area contributed by atoms with Crippen LogP contribution in [0.5, 0.6) is 5.88 Å². The van der Waals surface area contributed by atoms with Crippen molar-refractivity contribution in [3.63, 3.8) is 0 Å². The van der Waals surface area contributed by atoms with Gasteiger partial charge in [-0.3, -0.25) is 9.48 Å². The molecule has 0 spiro atoms. The van der Waals surface area contributed by atoms with E-state index in [0.717, 1.165) is 11.3 Å². The number of rotatable bonds is 6. The Morgan fingerprint density at radius 1 is 1.21 bits per heavy atom. The lowest BCUT2D eigenvalue weighted by Gasteiger charge is -2.14. The van der Waals surface area contributed by atoms with Crippen molar-refractivity contribution in [2.75, 3.05) is 6.61 Å². The number of pyridine rings is 1. The molecular formula is C20H19F3N4O2. The number of hydrogen-bond acceptors (Lipinski definition) is 4. The Labute approximate surface area is 165 Å². The first-order chi connectivity index (χ1) is 13.7. The molecule has 0 bridgehead atoms. The highest BCUT2D eigenvalue weighted by Crippen LogP contribution is 2.21.